The van der Waals surface area contributed by atoms with Gasteiger partial charge in [-0.15, -0.1) is 0 Å². The van der Waals surface area contributed by atoms with E-state index in [9.17, 15) is 9.59 Å². The number of piperazine rings is 1. The van der Waals surface area contributed by atoms with Crippen LogP contribution in [-0.2, 0) is 9.59 Å². The van der Waals surface area contributed by atoms with Crippen LogP contribution in [0, 0.1) is 0 Å². The minimum Gasteiger partial charge on any atom is -0.374 e. The molecule has 136 valence electrons. The van der Waals surface area contributed by atoms with E-state index in [4.69, 9.17) is 5.73 Å². The first-order valence-corrected chi connectivity index (χ1v) is 9.03. The molecule has 1 aromatic rings. The van der Waals surface area contributed by atoms with Gasteiger partial charge in [-0.25, -0.2) is 0 Å². The summed E-state index contributed by atoms with van der Waals surface area (Å²) in [5.74, 6) is -0.432. The maximum atomic E-state index is 11.8. The average Bonchev–Trinajstić information content (AvgIpc) is 2.63. The Kier molecular flexibility index (Phi) is 5.88. The van der Waals surface area contributed by atoms with E-state index in [1.54, 1.807) is 0 Å². The summed E-state index contributed by atoms with van der Waals surface area (Å²) in [7, 11) is 0. The molecule has 25 heavy (non-hydrogen) atoms. The van der Waals surface area contributed by atoms with E-state index in [0.717, 1.165) is 51.4 Å². The lowest BCUT2D eigenvalue weighted by Gasteiger charge is -2.36. The molecule has 2 aliphatic rings. The van der Waals surface area contributed by atoms with Crippen molar-refractivity contribution in [3.8, 4) is 0 Å². The summed E-state index contributed by atoms with van der Waals surface area (Å²) < 4.78 is 0. The summed E-state index contributed by atoms with van der Waals surface area (Å²) in [5.41, 5.74) is 7.68. The Hall–Kier alpha value is -2.12. The van der Waals surface area contributed by atoms with Gasteiger partial charge in [0.15, 0.2) is 0 Å². The first-order valence-electron chi connectivity index (χ1n) is 9.03. The predicted molar refractivity (Wildman–Crippen MR) is 98.6 cm³/mol. The zero-order valence-corrected chi connectivity index (χ0v) is 14.5. The average molecular weight is 345 g/mol. The van der Waals surface area contributed by atoms with Gasteiger partial charge in [0.25, 0.3) is 0 Å². The topological polar surface area (TPSA) is 90.7 Å². The Balaban J connectivity index is 1.51. The monoisotopic (exact) mass is 345 g/mol. The number of rotatable bonds is 6. The quantitative estimate of drug-likeness (QED) is 0.646. The molecule has 7 heteroatoms. The number of nitrogens with zero attached hydrogens (tertiary/aromatic N) is 2. The molecule has 7 nitrogen and oxygen atoms in total. The molecule has 2 heterocycles. The third kappa shape index (κ3) is 4.70. The smallest absolute Gasteiger partial charge is 0.249 e. The van der Waals surface area contributed by atoms with Crippen molar-refractivity contribution < 1.29 is 9.59 Å². The summed E-state index contributed by atoms with van der Waals surface area (Å²) in [5, 5.41) is 5.58. The van der Waals surface area contributed by atoms with Crippen molar-refractivity contribution in [2.24, 2.45) is 5.73 Å². The van der Waals surface area contributed by atoms with Gasteiger partial charge in [-0.05, 0) is 50.2 Å². The molecule has 2 saturated heterocycles. The van der Waals surface area contributed by atoms with Crippen molar-refractivity contribution >= 4 is 23.2 Å². The zero-order chi connectivity index (χ0) is 17.6. The van der Waals surface area contributed by atoms with E-state index in [0.29, 0.717) is 12.8 Å². The van der Waals surface area contributed by atoms with Crippen LogP contribution in [0.4, 0.5) is 11.4 Å². The third-order valence-electron chi connectivity index (χ3n) is 4.86. The van der Waals surface area contributed by atoms with Gasteiger partial charge in [0.1, 0.15) is 6.04 Å². The second-order valence-corrected chi connectivity index (χ2v) is 6.67. The first-order chi connectivity index (χ1) is 12.2. The molecule has 0 saturated carbocycles. The fraction of sp³-hybridized carbons (Fsp3) is 0.556. The van der Waals surface area contributed by atoms with Crippen molar-refractivity contribution in [3.63, 3.8) is 0 Å². The summed E-state index contributed by atoms with van der Waals surface area (Å²) in [4.78, 5) is 27.9. The Morgan fingerprint density at radius 2 is 1.84 bits per heavy atom. The molecule has 4 N–H and O–H groups in total. The van der Waals surface area contributed by atoms with E-state index in [1.807, 2.05) is 12.1 Å². The van der Waals surface area contributed by atoms with Crippen LogP contribution < -0.4 is 21.3 Å². The molecule has 3 rings (SSSR count). The van der Waals surface area contributed by atoms with Crippen LogP contribution in [0.15, 0.2) is 24.3 Å². The number of hydrogen-bond acceptors (Lipinski definition) is 6. The number of carbonyl (C=O) groups is 2. The van der Waals surface area contributed by atoms with Gasteiger partial charge < -0.3 is 16.0 Å². The normalized spacial score (nSPS) is 22.0. The number of hydrogen-bond donors (Lipinski definition) is 3. The number of carbonyl (C=O) groups excluding carboxylic acids is 2. The highest BCUT2D eigenvalue weighted by Crippen LogP contribution is 2.21. The van der Waals surface area contributed by atoms with Crippen LogP contribution in [0.5, 0.6) is 0 Å². The Morgan fingerprint density at radius 1 is 1.12 bits per heavy atom. The summed E-state index contributed by atoms with van der Waals surface area (Å²) >= 11 is 0. The van der Waals surface area contributed by atoms with Gasteiger partial charge >= 0.3 is 0 Å². The number of anilines is 2. The number of imide groups is 1. The van der Waals surface area contributed by atoms with Gasteiger partial charge in [0, 0.05) is 44.0 Å². The first kappa shape index (κ1) is 17.7. The largest absolute Gasteiger partial charge is 0.374 e. The minimum absolute atomic E-state index is 0.191. The van der Waals surface area contributed by atoms with Crippen LogP contribution in [0.3, 0.4) is 0 Å². The summed E-state index contributed by atoms with van der Waals surface area (Å²) in [6.45, 7) is 6.00. The fourth-order valence-electron chi connectivity index (χ4n) is 3.35. The van der Waals surface area contributed by atoms with Gasteiger partial charge in [-0.1, -0.05) is 0 Å². The van der Waals surface area contributed by atoms with E-state index >= 15 is 0 Å². The van der Waals surface area contributed by atoms with Crippen LogP contribution in [-0.4, -0.2) is 62.0 Å². The molecule has 2 aliphatic heterocycles. The highest BCUT2D eigenvalue weighted by molar-refractivity contribution is 6.01. The number of benzene rings is 1. The third-order valence-corrected chi connectivity index (χ3v) is 4.86. The van der Waals surface area contributed by atoms with Crippen molar-refractivity contribution in [2.45, 2.75) is 25.3 Å². The molecule has 0 bridgehead atoms. The Morgan fingerprint density at radius 3 is 2.48 bits per heavy atom. The van der Waals surface area contributed by atoms with E-state index in [-0.39, 0.29) is 17.9 Å². The van der Waals surface area contributed by atoms with Gasteiger partial charge in [0.2, 0.25) is 11.8 Å². The number of amides is 2. The van der Waals surface area contributed by atoms with Crippen LogP contribution in [0.1, 0.15) is 19.3 Å². The lowest BCUT2D eigenvalue weighted by atomic mass is 10.1. The summed E-state index contributed by atoms with van der Waals surface area (Å²) in [6.07, 6.45) is 1.98. The fourth-order valence-corrected chi connectivity index (χ4v) is 3.35. The molecule has 0 aliphatic carbocycles. The number of piperidine rings is 1. The van der Waals surface area contributed by atoms with E-state index in [2.05, 4.69) is 32.6 Å². The SMILES string of the molecule is NCCCN1CCN(c2ccc(NC3CCC(=O)NC3=O)cc2)CC1. The Labute approximate surface area is 148 Å². The minimum atomic E-state index is -0.338. The second kappa shape index (κ2) is 8.31. The van der Waals surface area contributed by atoms with Gasteiger partial charge in [-0.2, -0.15) is 0 Å². The van der Waals surface area contributed by atoms with Gasteiger partial charge in [0.05, 0.1) is 0 Å². The molecule has 1 aromatic carbocycles. The van der Waals surface area contributed by atoms with Crippen molar-refractivity contribution in [1.29, 1.82) is 0 Å². The lowest BCUT2D eigenvalue weighted by Crippen LogP contribution is -2.47. The van der Waals surface area contributed by atoms with Crippen molar-refractivity contribution in [1.82, 2.24) is 10.2 Å². The van der Waals surface area contributed by atoms with Crippen LogP contribution >= 0.6 is 0 Å². The highest BCUT2D eigenvalue weighted by Gasteiger charge is 2.26. The van der Waals surface area contributed by atoms with E-state index in [1.165, 1.54) is 5.69 Å². The number of nitrogens with two attached hydrogens (primary N) is 1. The van der Waals surface area contributed by atoms with Crippen LogP contribution in [0.2, 0.25) is 0 Å². The Bertz CT molecular complexity index is 596. The predicted octanol–water partition coefficient (Wildman–Crippen LogP) is 0.375. The van der Waals surface area contributed by atoms with E-state index < -0.39 is 0 Å². The zero-order valence-electron chi connectivity index (χ0n) is 14.5. The van der Waals surface area contributed by atoms with Crippen molar-refractivity contribution in [3.05, 3.63) is 24.3 Å². The van der Waals surface area contributed by atoms with Gasteiger partial charge in [-0.3, -0.25) is 19.8 Å². The molecular formula is C18H27N5O2. The van der Waals surface area contributed by atoms with Crippen LogP contribution in [0.25, 0.3) is 0 Å². The molecule has 1 unspecified atom stereocenters. The standard InChI is InChI=1S/C18H27N5O2/c19-8-1-9-22-10-12-23(13-11-22)15-4-2-14(3-5-15)20-16-6-7-17(24)21-18(16)25/h2-5,16,20H,1,6-13,19H2,(H,21,24,25). The molecule has 0 spiro atoms. The molecule has 2 fully saturated rings. The maximum Gasteiger partial charge on any atom is 0.249 e. The van der Waals surface area contributed by atoms with Crippen molar-refractivity contribution in [2.75, 3.05) is 49.5 Å². The molecule has 2 amide bonds. The lowest BCUT2D eigenvalue weighted by molar-refractivity contribution is -0.133. The summed E-state index contributed by atoms with van der Waals surface area (Å²) in [6, 6.07) is 7.84. The second-order valence-electron chi connectivity index (χ2n) is 6.67. The molecule has 1 atom stereocenters. The molecular weight excluding hydrogens is 318 g/mol. The maximum absolute atomic E-state index is 11.8. The molecule has 0 aromatic heterocycles. The highest BCUT2D eigenvalue weighted by atomic mass is 16.2. The molecule has 0 radical (unpaired) electrons. The number of nitrogens with one attached hydrogen (secondary N) is 2.